The number of aromatic nitrogens is 3. The van der Waals surface area contributed by atoms with Gasteiger partial charge in [0, 0.05) is 41.4 Å². The average molecular weight is 680 g/mol. The summed E-state index contributed by atoms with van der Waals surface area (Å²) in [5.41, 5.74) is -7.44. The molecular formula is C31H27ClF5N5O5. The number of nitrogens with one attached hydrogen (secondary N) is 2. The fourth-order valence-corrected chi connectivity index (χ4v) is 5.69. The summed E-state index contributed by atoms with van der Waals surface area (Å²) in [6, 6.07) is 5.01. The van der Waals surface area contributed by atoms with Gasteiger partial charge in [-0.1, -0.05) is 11.6 Å². The van der Waals surface area contributed by atoms with E-state index in [1.165, 1.54) is 33.2 Å². The van der Waals surface area contributed by atoms with Crippen LogP contribution in [0.4, 0.5) is 22.0 Å². The van der Waals surface area contributed by atoms with E-state index in [1.54, 1.807) is 10.9 Å². The van der Waals surface area contributed by atoms with Crippen molar-refractivity contribution in [3.05, 3.63) is 70.0 Å². The van der Waals surface area contributed by atoms with E-state index in [4.69, 9.17) is 21.1 Å². The predicted molar refractivity (Wildman–Crippen MR) is 158 cm³/mol. The summed E-state index contributed by atoms with van der Waals surface area (Å²) in [4.78, 5) is 30.1. The maximum Gasteiger partial charge on any atom is 0.424 e. The molecule has 47 heavy (non-hydrogen) atoms. The molecule has 2 aromatic heterocycles. The van der Waals surface area contributed by atoms with E-state index in [0.717, 1.165) is 25.0 Å². The van der Waals surface area contributed by atoms with Crippen LogP contribution in [0.15, 0.2) is 36.5 Å². The van der Waals surface area contributed by atoms with E-state index in [9.17, 15) is 32.3 Å². The summed E-state index contributed by atoms with van der Waals surface area (Å²) in [6.45, 7) is -0.436. The number of benzene rings is 2. The van der Waals surface area contributed by atoms with Gasteiger partial charge in [-0.05, 0) is 44.0 Å². The lowest BCUT2D eigenvalue weighted by Gasteiger charge is -2.31. The summed E-state index contributed by atoms with van der Waals surface area (Å²) in [6.07, 6.45) is -1.88. The van der Waals surface area contributed by atoms with E-state index in [-0.39, 0.29) is 35.3 Å². The third-order valence-corrected chi connectivity index (χ3v) is 8.75. The largest absolute Gasteiger partial charge is 0.494 e. The average Bonchev–Trinajstić information content (AvgIpc) is 3.70. The Morgan fingerprint density at radius 1 is 1.17 bits per heavy atom. The summed E-state index contributed by atoms with van der Waals surface area (Å²) < 4.78 is 86.4. The monoisotopic (exact) mass is 679 g/mol. The van der Waals surface area contributed by atoms with Crippen LogP contribution in [0.1, 0.15) is 47.4 Å². The van der Waals surface area contributed by atoms with Crippen LogP contribution in [0.5, 0.6) is 11.5 Å². The van der Waals surface area contributed by atoms with Crippen molar-refractivity contribution in [2.24, 2.45) is 0 Å². The van der Waals surface area contributed by atoms with Gasteiger partial charge in [-0.3, -0.25) is 14.3 Å². The molecule has 1 fully saturated rings. The number of alkyl halides is 3. The number of amides is 2. The molecule has 2 amide bonds. The molecule has 0 spiro atoms. The van der Waals surface area contributed by atoms with Crippen molar-refractivity contribution in [3.8, 4) is 22.8 Å². The summed E-state index contributed by atoms with van der Waals surface area (Å²) in [5, 5.41) is 20.3. The zero-order valence-electron chi connectivity index (χ0n) is 25.1. The molecule has 6 rings (SSSR count). The van der Waals surface area contributed by atoms with Crippen molar-refractivity contribution >= 4 is 34.3 Å². The second-order valence-corrected chi connectivity index (χ2v) is 12.1. The van der Waals surface area contributed by atoms with Gasteiger partial charge in [0.1, 0.15) is 46.4 Å². The van der Waals surface area contributed by atoms with Crippen LogP contribution in [-0.4, -0.2) is 65.2 Å². The van der Waals surface area contributed by atoms with Crippen molar-refractivity contribution in [3.63, 3.8) is 0 Å². The molecule has 2 aliphatic rings. The van der Waals surface area contributed by atoms with Crippen LogP contribution >= 0.6 is 11.6 Å². The number of carbonyl (C=O) groups is 2. The zero-order valence-corrected chi connectivity index (χ0v) is 25.8. The molecule has 0 radical (unpaired) electrons. The highest BCUT2D eigenvalue weighted by Gasteiger charge is 2.58. The molecule has 248 valence electrons. The highest BCUT2D eigenvalue weighted by atomic mass is 35.5. The second kappa shape index (κ2) is 11.3. The molecule has 10 nitrogen and oxygen atoms in total. The number of pyridine rings is 1. The third-order valence-electron chi connectivity index (χ3n) is 8.46. The third kappa shape index (κ3) is 5.40. The number of methoxy groups -OCH3 is 1. The zero-order chi connectivity index (χ0) is 34.1. The Morgan fingerprint density at radius 3 is 2.53 bits per heavy atom. The Labute approximate surface area is 268 Å². The number of hydrogen-bond donors (Lipinski definition) is 3. The van der Waals surface area contributed by atoms with Gasteiger partial charge >= 0.3 is 6.18 Å². The van der Waals surface area contributed by atoms with Crippen LogP contribution < -0.4 is 20.1 Å². The van der Waals surface area contributed by atoms with Crippen LogP contribution in [-0.2, 0) is 15.8 Å². The van der Waals surface area contributed by atoms with E-state index in [2.05, 4.69) is 20.7 Å². The highest BCUT2D eigenvalue weighted by Crippen LogP contribution is 2.48. The van der Waals surface area contributed by atoms with Gasteiger partial charge in [0.2, 0.25) is 11.5 Å². The molecular weight excluding hydrogens is 653 g/mol. The molecule has 3 N–H and O–H groups in total. The number of rotatable bonds is 8. The van der Waals surface area contributed by atoms with Gasteiger partial charge < -0.3 is 25.2 Å². The minimum absolute atomic E-state index is 0.0690. The summed E-state index contributed by atoms with van der Waals surface area (Å²) >= 11 is 5.87. The maximum atomic E-state index is 15.1. The number of likely N-dealkylation sites (N-methyl/N-ethyl adjacent to an activating group) is 1. The van der Waals surface area contributed by atoms with Crippen LogP contribution in [0.2, 0.25) is 5.02 Å². The Balaban J connectivity index is 1.43. The lowest BCUT2D eigenvalue weighted by atomic mass is 9.81. The molecule has 0 bridgehead atoms. The van der Waals surface area contributed by atoms with Crippen LogP contribution in [0.3, 0.4) is 0 Å². The van der Waals surface area contributed by atoms with Crippen molar-refractivity contribution in [1.82, 2.24) is 25.4 Å². The number of hydrogen-bond acceptors (Lipinski definition) is 7. The van der Waals surface area contributed by atoms with Gasteiger partial charge in [-0.25, -0.2) is 13.8 Å². The number of aliphatic hydroxyl groups is 1. The molecule has 2 atom stereocenters. The minimum atomic E-state index is -5.46. The first kappa shape index (κ1) is 32.4. The Hall–Kier alpha value is -4.50. The van der Waals surface area contributed by atoms with Gasteiger partial charge in [0.25, 0.3) is 5.91 Å². The first-order valence-corrected chi connectivity index (χ1v) is 14.7. The fourth-order valence-electron chi connectivity index (χ4n) is 5.53. The van der Waals surface area contributed by atoms with Crippen molar-refractivity contribution in [2.45, 2.75) is 43.0 Å². The molecule has 1 saturated carbocycles. The smallest absolute Gasteiger partial charge is 0.424 e. The molecule has 16 heteroatoms. The SMILES string of the molecule is CNC(=O)[C@@]1(C)COc2c1cc(C(O)(CNC(=O)c1cc(OC)c3nn(C4CC4)cc3c1)C(F)(F)F)nc2-c1cc(Cl)c(F)cc1F. The number of fused-ring (bicyclic) bond motifs is 2. The maximum absolute atomic E-state index is 15.1. The second-order valence-electron chi connectivity index (χ2n) is 11.7. The predicted octanol–water partition coefficient (Wildman–Crippen LogP) is 4.95. The lowest BCUT2D eigenvalue weighted by Crippen LogP contribution is -2.52. The molecule has 0 saturated heterocycles. The van der Waals surface area contributed by atoms with Crippen molar-refractivity contribution in [1.29, 1.82) is 0 Å². The number of halogens is 6. The van der Waals surface area contributed by atoms with E-state index < -0.39 is 69.2 Å². The molecule has 1 aliphatic carbocycles. The number of nitrogens with zero attached hydrogens (tertiary/aromatic N) is 3. The normalized spacial score (nSPS) is 18.8. The minimum Gasteiger partial charge on any atom is -0.494 e. The molecule has 3 heterocycles. The number of carbonyl (C=O) groups excluding carboxylic acids is 2. The Morgan fingerprint density at radius 2 is 1.89 bits per heavy atom. The molecule has 1 unspecified atom stereocenters. The Bertz CT molecular complexity index is 1950. The van der Waals surface area contributed by atoms with Gasteiger partial charge in [-0.15, -0.1) is 0 Å². The van der Waals surface area contributed by atoms with E-state index in [0.29, 0.717) is 17.0 Å². The van der Waals surface area contributed by atoms with Crippen molar-refractivity contribution < 1.29 is 46.1 Å². The van der Waals surface area contributed by atoms with Gasteiger partial charge in [0.15, 0.2) is 0 Å². The van der Waals surface area contributed by atoms with E-state index >= 15 is 4.39 Å². The topological polar surface area (TPSA) is 128 Å². The summed E-state index contributed by atoms with van der Waals surface area (Å²) in [7, 11) is 2.67. The standard InChI is InChI=1S/C31H27ClF5N5O5/c1-29(28(44)38-2)13-47-26-18(29)9-23(40-25(26)17-8-19(32)21(34)10-20(17)33)30(45,31(35,36)37)12-39-27(43)14-6-15-11-42(16-4-5-16)41-24(15)22(7-14)46-3/h6-11,16,45H,4-5,12-13H2,1-3H3,(H,38,44)(H,39,43)/t29-,30?/m0/s1. The summed E-state index contributed by atoms with van der Waals surface area (Å²) in [5.74, 6) is -4.06. The fraction of sp³-hybridized carbons (Fsp3) is 0.355. The van der Waals surface area contributed by atoms with Gasteiger partial charge in [0.05, 0.1) is 30.4 Å². The molecule has 4 aromatic rings. The van der Waals surface area contributed by atoms with E-state index in [1.807, 2.05) is 0 Å². The van der Waals surface area contributed by atoms with Crippen LogP contribution in [0.25, 0.3) is 22.2 Å². The van der Waals surface area contributed by atoms with Crippen molar-refractivity contribution in [2.75, 3.05) is 27.3 Å². The Kier molecular flexibility index (Phi) is 7.82. The first-order valence-electron chi connectivity index (χ1n) is 14.3. The lowest BCUT2D eigenvalue weighted by molar-refractivity contribution is -0.265. The van der Waals surface area contributed by atoms with Gasteiger partial charge in [-0.2, -0.15) is 18.3 Å². The molecule has 1 aliphatic heterocycles. The number of ether oxygens (including phenoxy) is 2. The highest BCUT2D eigenvalue weighted by molar-refractivity contribution is 6.31. The van der Waals surface area contributed by atoms with Crippen LogP contribution in [0, 0.1) is 11.6 Å². The molecule has 2 aromatic carbocycles. The first-order chi connectivity index (χ1) is 22.1. The quantitative estimate of drug-likeness (QED) is 0.178.